The molecule has 0 fully saturated rings. The summed E-state index contributed by atoms with van der Waals surface area (Å²) in [5.74, 6) is -1.32. The number of carbonyl (C=O) groups excluding carboxylic acids is 2. The van der Waals surface area contributed by atoms with Crippen molar-refractivity contribution in [3.63, 3.8) is 0 Å². The van der Waals surface area contributed by atoms with Crippen molar-refractivity contribution in [2.24, 2.45) is 0 Å². The number of rotatable bonds is 6. The summed E-state index contributed by atoms with van der Waals surface area (Å²) in [6, 6.07) is 16.3. The Morgan fingerprint density at radius 2 is 1.86 bits per heavy atom. The fourth-order valence-electron chi connectivity index (χ4n) is 2.56. The Labute approximate surface area is 164 Å². The summed E-state index contributed by atoms with van der Waals surface area (Å²) in [5.41, 5.74) is 0.951. The van der Waals surface area contributed by atoms with Crippen LogP contribution >= 0.6 is 11.3 Å². The lowest BCUT2D eigenvalue weighted by Crippen LogP contribution is -2.26. The minimum Gasteiger partial charge on any atom is -0.443 e. The van der Waals surface area contributed by atoms with Gasteiger partial charge in [-0.1, -0.05) is 42.5 Å². The quantitative estimate of drug-likeness (QED) is 0.376. The lowest BCUT2D eigenvalue weighted by Gasteiger charge is -2.18. The van der Waals surface area contributed by atoms with E-state index in [1.807, 2.05) is 0 Å². The molecule has 0 aliphatic carbocycles. The van der Waals surface area contributed by atoms with Crippen molar-refractivity contribution in [3.05, 3.63) is 92.2 Å². The summed E-state index contributed by atoms with van der Waals surface area (Å²) in [7, 11) is 0. The molecule has 142 valence electrons. The van der Waals surface area contributed by atoms with Gasteiger partial charge in [0.15, 0.2) is 0 Å². The summed E-state index contributed by atoms with van der Waals surface area (Å²) in [6.45, 7) is 1.72. The molecule has 8 heteroatoms. The van der Waals surface area contributed by atoms with Crippen LogP contribution in [0.2, 0.25) is 0 Å². The average molecular weight is 396 g/mol. The summed E-state index contributed by atoms with van der Waals surface area (Å²) >= 11 is 1.20. The van der Waals surface area contributed by atoms with E-state index in [2.05, 4.69) is 5.32 Å². The van der Waals surface area contributed by atoms with Gasteiger partial charge in [-0.2, -0.15) is 0 Å². The number of benzene rings is 2. The predicted octanol–water partition coefficient (Wildman–Crippen LogP) is 4.50. The van der Waals surface area contributed by atoms with Gasteiger partial charge >= 0.3 is 5.97 Å². The third kappa shape index (κ3) is 4.41. The molecule has 1 atom stereocenters. The number of anilines is 1. The molecule has 1 N–H and O–H groups in total. The normalized spacial score (nSPS) is 11.5. The van der Waals surface area contributed by atoms with Gasteiger partial charge in [-0.05, 0) is 30.0 Å². The molecule has 1 heterocycles. The summed E-state index contributed by atoms with van der Waals surface area (Å²) in [5, 5.41) is 15.5. The fourth-order valence-corrected chi connectivity index (χ4v) is 3.16. The van der Waals surface area contributed by atoms with Crippen molar-refractivity contribution in [2.45, 2.75) is 13.0 Å². The highest BCUT2D eigenvalue weighted by Gasteiger charge is 2.28. The Bertz CT molecular complexity index is 1000. The smallest absolute Gasteiger partial charge is 0.349 e. The van der Waals surface area contributed by atoms with Gasteiger partial charge in [0.05, 0.1) is 4.92 Å². The maximum Gasteiger partial charge on any atom is 0.349 e. The van der Waals surface area contributed by atoms with E-state index in [9.17, 15) is 19.7 Å². The van der Waals surface area contributed by atoms with Crippen LogP contribution in [0.15, 0.2) is 66.0 Å². The lowest BCUT2D eigenvalue weighted by molar-refractivity contribution is -0.384. The first-order chi connectivity index (χ1) is 13.5. The Hall–Kier alpha value is -3.52. The highest BCUT2D eigenvalue weighted by molar-refractivity contribution is 7.11. The molecule has 0 radical (unpaired) electrons. The van der Waals surface area contributed by atoms with Crippen LogP contribution in [0.25, 0.3) is 0 Å². The third-order valence-electron chi connectivity index (χ3n) is 3.90. The Balaban J connectivity index is 1.89. The topological polar surface area (TPSA) is 98.5 Å². The summed E-state index contributed by atoms with van der Waals surface area (Å²) in [4.78, 5) is 36.3. The molecule has 1 aromatic heterocycles. The zero-order valence-corrected chi connectivity index (χ0v) is 15.6. The number of amides is 1. The number of nitrogens with zero attached hydrogens (tertiary/aromatic N) is 1. The molecule has 3 rings (SSSR count). The van der Waals surface area contributed by atoms with Crippen LogP contribution in [0.4, 0.5) is 11.4 Å². The second-order valence-electron chi connectivity index (χ2n) is 5.94. The standard InChI is InChI=1S/C20H16N2O5S/c1-13-9-10-15(16(12-13)22(25)26)21-19(23)18(14-6-3-2-4-7-14)27-20(24)17-8-5-11-28-17/h2-12,18H,1H3,(H,21,23)/t18-/m0/s1. The minimum atomic E-state index is -1.25. The van der Waals surface area contributed by atoms with E-state index in [0.717, 1.165) is 0 Å². The second-order valence-corrected chi connectivity index (χ2v) is 6.89. The minimum absolute atomic E-state index is 0.0358. The van der Waals surface area contributed by atoms with Gasteiger partial charge in [-0.15, -0.1) is 11.3 Å². The molecule has 0 unspecified atom stereocenters. The van der Waals surface area contributed by atoms with Gasteiger partial charge in [-0.3, -0.25) is 14.9 Å². The zero-order valence-electron chi connectivity index (χ0n) is 14.8. The molecule has 0 aliphatic heterocycles. The first-order valence-electron chi connectivity index (χ1n) is 8.31. The molecule has 0 aliphatic rings. The molecular formula is C20H16N2O5S. The van der Waals surface area contributed by atoms with Crippen molar-refractivity contribution in [1.82, 2.24) is 0 Å². The third-order valence-corrected chi connectivity index (χ3v) is 4.75. The number of thiophene rings is 1. The first-order valence-corrected chi connectivity index (χ1v) is 9.19. The maximum atomic E-state index is 12.9. The zero-order chi connectivity index (χ0) is 20.1. The predicted molar refractivity (Wildman–Crippen MR) is 105 cm³/mol. The molecule has 0 saturated heterocycles. The molecule has 3 aromatic rings. The van der Waals surface area contributed by atoms with Crippen LogP contribution in [-0.4, -0.2) is 16.8 Å². The van der Waals surface area contributed by atoms with Crippen molar-refractivity contribution in [3.8, 4) is 0 Å². The van der Waals surface area contributed by atoms with Gasteiger partial charge in [0.1, 0.15) is 10.6 Å². The average Bonchev–Trinajstić information content (AvgIpc) is 3.22. The van der Waals surface area contributed by atoms with Crippen LogP contribution < -0.4 is 5.32 Å². The van der Waals surface area contributed by atoms with Crippen molar-refractivity contribution < 1.29 is 19.2 Å². The van der Waals surface area contributed by atoms with E-state index in [-0.39, 0.29) is 11.4 Å². The SMILES string of the molecule is Cc1ccc(NC(=O)[C@@H](OC(=O)c2cccs2)c2ccccc2)c([N+](=O)[O-])c1. The second kappa shape index (κ2) is 8.45. The van der Waals surface area contributed by atoms with Gasteiger partial charge < -0.3 is 10.1 Å². The van der Waals surface area contributed by atoms with E-state index in [4.69, 9.17) is 4.74 Å². The Morgan fingerprint density at radius 1 is 1.11 bits per heavy atom. The van der Waals surface area contributed by atoms with Crippen LogP contribution in [0, 0.1) is 17.0 Å². The first kappa shape index (κ1) is 19.2. The molecule has 28 heavy (non-hydrogen) atoms. The molecular weight excluding hydrogens is 380 g/mol. The van der Waals surface area contributed by atoms with Gasteiger partial charge in [0.2, 0.25) is 6.10 Å². The molecule has 0 bridgehead atoms. The van der Waals surface area contributed by atoms with Gasteiger partial charge in [-0.25, -0.2) is 4.79 Å². The summed E-state index contributed by atoms with van der Waals surface area (Å²) in [6.07, 6.45) is -1.25. The van der Waals surface area contributed by atoms with Gasteiger partial charge in [0.25, 0.3) is 11.6 Å². The molecule has 1 amide bonds. The largest absolute Gasteiger partial charge is 0.443 e. The molecule has 7 nitrogen and oxygen atoms in total. The number of hydrogen-bond donors (Lipinski definition) is 1. The molecule has 0 saturated carbocycles. The highest BCUT2D eigenvalue weighted by Crippen LogP contribution is 2.28. The van der Waals surface area contributed by atoms with Gasteiger partial charge in [0, 0.05) is 11.6 Å². The number of nitro benzene ring substituents is 1. The number of aryl methyl sites for hydroxylation is 1. The van der Waals surface area contributed by atoms with E-state index in [1.54, 1.807) is 60.8 Å². The number of carbonyl (C=O) groups is 2. The monoisotopic (exact) mass is 396 g/mol. The Morgan fingerprint density at radius 3 is 2.50 bits per heavy atom. The number of nitro groups is 1. The number of nitrogens with one attached hydrogen (secondary N) is 1. The van der Waals surface area contributed by atoms with E-state index < -0.39 is 22.9 Å². The van der Waals surface area contributed by atoms with Crippen molar-refractivity contribution in [2.75, 3.05) is 5.32 Å². The van der Waals surface area contributed by atoms with E-state index >= 15 is 0 Å². The van der Waals surface area contributed by atoms with Crippen LogP contribution in [0.3, 0.4) is 0 Å². The molecule has 0 spiro atoms. The Kier molecular flexibility index (Phi) is 5.81. The summed E-state index contributed by atoms with van der Waals surface area (Å²) < 4.78 is 5.43. The molecule has 2 aromatic carbocycles. The number of hydrogen-bond acceptors (Lipinski definition) is 6. The highest BCUT2D eigenvalue weighted by atomic mass is 32.1. The van der Waals surface area contributed by atoms with Crippen LogP contribution in [0.1, 0.15) is 26.9 Å². The van der Waals surface area contributed by atoms with E-state index in [0.29, 0.717) is 16.0 Å². The maximum absolute atomic E-state index is 12.9. The van der Waals surface area contributed by atoms with Crippen molar-refractivity contribution >= 4 is 34.6 Å². The van der Waals surface area contributed by atoms with Crippen LogP contribution in [-0.2, 0) is 9.53 Å². The van der Waals surface area contributed by atoms with E-state index in [1.165, 1.54) is 23.5 Å². The van der Waals surface area contributed by atoms with Crippen LogP contribution in [0.5, 0.6) is 0 Å². The van der Waals surface area contributed by atoms with Crippen molar-refractivity contribution in [1.29, 1.82) is 0 Å². The fraction of sp³-hybridized carbons (Fsp3) is 0.100. The number of esters is 1. The lowest BCUT2D eigenvalue weighted by atomic mass is 10.1. The number of ether oxygens (including phenoxy) is 1.